The lowest BCUT2D eigenvalue weighted by Gasteiger charge is -2.07. The van der Waals surface area contributed by atoms with Gasteiger partial charge in [0.1, 0.15) is 6.20 Å². The number of alkyl halides is 6. The van der Waals surface area contributed by atoms with Gasteiger partial charge in [0.25, 0.3) is 5.82 Å². The van der Waals surface area contributed by atoms with E-state index in [9.17, 15) is 26.3 Å². The van der Waals surface area contributed by atoms with Crippen LogP contribution in [-0.2, 0) is 18.9 Å². The lowest BCUT2D eigenvalue weighted by molar-refractivity contribution is -0.138. The number of aromatic nitrogens is 4. The summed E-state index contributed by atoms with van der Waals surface area (Å²) < 4.78 is 74.2. The van der Waals surface area contributed by atoms with Crippen LogP contribution in [0.1, 0.15) is 16.8 Å². The Balaban J connectivity index is 0.000000253. The predicted molar refractivity (Wildman–Crippen MR) is 126 cm³/mol. The zero-order valence-electron chi connectivity index (χ0n) is 18.6. The molecule has 0 fully saturated rings. The molecule has 0 saturated heterocycles. The summed E-state index contributed by atoms with van der Waals surface area (Å²) in [6, 6.07) is 11.0. The van der Waals surface area contributed by atoms with Gasteiger partial charge in [-0.15, -0.1) is 17.4 Å². The normalized spacial score (nSPS) is 11.0. The number of rotatable bonds is 3. The Bertz CT molecular complexity index is 1350. The van der Waals surface area contributed by atoms with Crippen LogP contribution >= 0.6 is 12.4 Å². The summed E-state index contributed by atoms with van der Waals surface area (Å²) >= 11 is 0. The first-order chi connectivity index (χ1) is 17.0. The Hall–Kier alpha value is -4.08. The molecule has 0 aromatic carbocycles. The van der Waals surface area contributed by atoms with Gasteiger partial charge in [0.05, 0.1) is 28.2 Å². The van der Waals surface area contributed by atoms with Crippen molar-refractivity contribution in [1.29, 1.82) is 0 Å². The molecule has 0 radical (unpaired) electrons. The van der Waals surface area contributed by atoms with Gasteiger partial charge in [0.2, 0.25) is 0 Å². The standard InChI is InChI=1S/C12H6F3N3.C12H10F3N3.ClH/c1-16-11-6-8(4-5-17-11)10-3-2-9(7-18-10)12(13,14)15;13-12(14,15)9-1-2-11(18-7-9)8-3-4-17-10(5-8)6-16;/h2-7H;1-5,7H,6,16H2;1H. The SMILES string of the molecule is Cl.NCc1cc(-c2ccc(C(F)(F)F)cn2)ccn1.[C-]#[N+]c1cc(-c2ccc(C(F)(F)F)cn2)ccn1. The summed E-state index contributed by atoms with van der Waals surface area (Å²) in [6.45, 7) is 7.08. The van der Waals surface area contributed by atoms with Gasteiger partial charge in [-0.25, -0.2) is 0 Å². The molecule has 0 aliphatic heterocycles. The molecule has 0 atom stereocenters. The van der Waals surface area contributed by atoms with E-state index in [2.05, 4.69) is 24.8 Å². The third-order valence-corrected chi connectivity index (χ3v) is 4.66. The molecule has 4 rings (SSSR count). The Labute approximate surface area is 213 Å². The monoisotopic (exact) mass is 538 g/mol. The van der Waals surface area contributed by atoms with Crippen LogP contribution in [0.4, 0.5) is 32.2 Å². The first-order valence-electron chi connectivity index (χ1n) is 10.1. The van der Waals surface area contributed by atoms with E-state index in [1.165, 1.54) is 24.4 Å². The van der Waals surface area contributed by atoms with Crippen molar-refractivity contribution in [2.75, 3.05) is 0 Å². The fraction of sp³-hybridized carbons (Fsp3) is 0.125. The van der Waals surface area contributed by atoms with Gasteiger partial charge in [0.15, 0.2) is 0 Å². The van der Waals surface area contributed by atoms with Crippen LogP contribution in [0.2, 0.25) is 0 Å². The van der Waals surface area contributed by atoms with Crippen LogP contribution in [0.3, 0.4) is 0 Å². The maximum absolute atomic E-state index is 12.4. The molecular weight excluding hydrogens is 522 g/mol. The highest BCUT2D eigenvalue weighted by Crippen LogP contribution is 2.31. The summed E-state index contributed by atoms with van der Waals surface area (Å²) in [7, 11) is 0. The lowest BCUT2D eigenvalue weighted by Crippen LogP contribution is -2.05. The average Bonchev–Trinajstić information content (AvgIpc) is 2.88. The Kier molecular flexibility index (Phi) is 9.65. The summed E-state index contributed by atoms with van der Waals surface area (Å²) in [5.41, 5.74) is 6.63. The van der Waals surface area contributed by atoms with Crippen LogP contribution in [0.5, 0.6) is 0 Å². The number of pyridine rings is 4. The maximum atomic E-state index is 12.4. The molecule has 0 spiro atoms. The highest BCUT2D eigenvalue weighted by Gasteiger charge is 2.31. The predicted octanol–water partition coefficient (Wildman–Crippen LogP) is 6.76. The zero-order valence-corrected chi connectivity index (χ0v) is 19.4. The maximum Gasteiger partial charge on any atom is 0.417 e. The van der Waals surface area contributed by atoms with Crippen molar-refractivity contribution in [2.24, 2.45) is 5.73 Å². The molecule has 192 valence electrons. The smallest absolute Gasteiger partial charge is 0.361 e. The van der Waals surface area contributed by atoms with E-state index in [0.29, 0.717) is 28.2 Å². The van der Waals surface area contributed by atoms with Crippen molar-refractivity contribution >= 4 is 18.2 Å². The molecule has 4 aromatic rings. The molecule has 13 heteroatoms. The molecule has 4 aromatic heterocycles. The second-order valence-electron chi connectivity index (χ2n) is 7.11. The largest absolute Gasteiger partial charge is 0.417 e. The second-order valence-corrected chi connectivity index (χ2v) is 7.11. The molecule has 37 heavy (non-hydrogen) atoms. The average molecular weight is 539 g/mol. The third kappa shape index (κ3) is 7.96. The zero-order chi connectivity index (χ0) is 26.3. The van der Waals surface area contributed by atoms with Crippen LogP contribution in [0.25, 0.3) is 27.4 Å². The summed E-state index contributed by atoms with van der Waals surface area (Å²) in [5, 5.41) is 0. The van der Waals surface area contributed by atoms with Crippen molar-refractivity contribution < 1.29 is 26.3 Å². The number of nitrogens with two attached hydrogens (primary N) is 1. The van der Waals surface area contributed by atoms with E-state index in [4.69, 9.17) is 12.3 Å². The fourth-order valence-corrected chi connectivity index (χ4v) is 2.85. The van der Waals surface area contributed by atoms with Gasteiger partial charge >= 0.3 is 12.4 Å². The Morgan fingerprint density at radius 2 is 1.19 bits per heavy atom. The van der Waals surface area contributed by atoms with E-state index >= 15 is 0 Å². The molecule has 0 amide bonds. The molecule has 2 N–H and O–H groups in total. The van der Waals surface area contributed by atoms with Crippen molar-refractivity contribution in [3.8, 4) is 22.5 Å². The molecule has 0 saturated carbocycles. The van der Waals surface area contributed by atoms with E-state index in [0.717, 1.165) is 24.5 Å². The first-order valence-corrected chi connectivity index (χ1v) is 10.1. The molecule has 0 aliphatic carbocycles. The quantitative estimate of drug-likeness (QED) is 0.230. The minimum atomic E-state index is -4.40. The van der Waals surface area contributed by atoms with E-state index in [-0.39, 0.29) is 24.8 Å². The van der Waals surface area contributed by atoms with Gasteiger partial charge < -0.3 is 10.6 Å². The van der Waals surface area contributed by atoms with Gasteiger partial charge in [-0.2, -0.15) is 26.3 Å². The van der Waals surface area contributed by atoms with Crippen LogP contribution in [0, 0.1) is 6.57 Å². The van der Waals surface area contributed by atoms with Crippen LogP contribution in [0.15, 0.2) is 73.3 Å². The minimum Gasteiger partial charge on any atom is -0.361 e. The number of halogens is 7. The Morgan fingerprint density at radius 1 is 0.703 bits per heavy atom. The summed E-state index contributed by atoms with van der Waals surface area (Å²) in [5.74, 6) is 0.175. The molecular formula is C24H17ClF6N6. The Morgan fingerprint density at radius 3 is 1.59 bits per heavy atom. The van der Waals surface area contributed by atoms with Crippen LogP contribution in [-0.4, -0.2) is 19.9 Å². The highest BCUT2D eigenvalue weighted by atomic mass is 35.5. The second kappa shape index (κ2) is 12.2. The topological polar surface area (TPSA) is 81.9 Å². The lowest BCUT2D eigenvalue weighted by atomic mass is 10.1. The van der Waals surface area contributed by atoms with Gasteiger partial charge in [-0.05, 0) is 54.1 Å². The molecule has 0 bridgehead atoms. The first kappa shape index (κ1) is 29.2. The van der Waals surface area contributed by atoms with Crippen molar-refractivity contribution in [1.82, 2.24) is 19.9 Å². The number of hydrogen-bond donors (Lipinski definition) is 1. The van der Waals surface area contributed by atoms with Gasteiger partial charge in [0, 0.05) is 30.7 Å². The number of hydrogen-bond acceptors (Lipinski definition) is 5. The van der Waals surface area contributed by atoms with E-state index in [1.54, 1.807) is 24.4 Å². The highest BCUT2D eigenvalue weighted by molar-refractivity contribution is 5.85. The third-order valence-electron chi connectivity index (χ3n) is 4.66. The van der Waals surface area contributed by atoms with E-state index in [1.807, 2.05) is 0 Å². The van der Waals surface area contributed by atoms with Crippen LogP contribution < -0.4 is 5.73 Å². The minimum absolute atomic E-state index is 0. The van der Waals surface area contributed by atoms with Gasteiger partial charge in [-0.1, -0.05) is 6.57 Å². The molecule has 6 nitrogen and oxygen atoms in total. The fourth-order valence-electron chi connectivity index (χ4n) is 2.85. The van der Waals surface area contributed by atoms with Crippen molar-refractivity contribution in [3.05, 3.63) is 102 Å². The molecule has 0 unspecified atom stereocenters. The number of nitrogens with zero attached hydrogens (tertiary/aromatic N) is 5. The summed E-state index contributed by atoms with van der Waals surface area (Å²) in [6.07, 6.45) is -4.21. The molecule has 0 aliphatic rings. The molecule has 4 heterocycles. The van der Waals surface area contributed by atoms with Crippen molar-refractivity contribution in [2.45, 2.75) is 18.9 Å². The van der Waals surface area contributed by atoms with Crippen molar-refractivity contribution in [3.63, 3.8) is 0 Å². The van der Waals surface area contributed by atoms with E-state index < -0.39 is 23.5 Å². The summed E-state index contributed by atoms with van der Waals surface area (Å²) in [4.78, 5) is 18.5. The van der Waals surface area contributed by atoms with Gasteiger partial charge in [-0.3, -0.25) is 15.0 Å².